The quantitative estimate of drug-likeness (QED) is 0.783. The Morgan fingerprint density at radius 3 is 2.33 bits per heavy atom. The van der Waals surface area contributed by atoms with Crippen molar-refractivity contribution in [3.05, 3.63) is 0 Å². The first-order valence-electron chi connectivity index (χ1n) is 5.66. The fraction of sp³-hybridized carbons (Fsp3) is 0.727. The molecule has 0 atom stereocenters. The minimum absolute atomic E-state index is 0.218. The van der Waals surface area contributed by atoms with Crippen molar-refractivity contribution in [2.75, 3.05) is 33.2 Å². The molecule has 1 aromatic heterocycles. The Bertz CT molecular complexity index is 362. The van der Waals surface area contributed by atoms with E-state index in [1.54, 1.807) is 14.2 Å². The number of nitrogens with zero attached hydrogens (tertiary/aromatic N) is 3. The normalized spacial score (nSPS) is 11.2. The number of nitrogens with one attached hydrogen (secondary N) is 1. The van der Waals surface area contributed by atoms with Gasteiger partial charge in [0.25, 0.3) is 0 Å². The van der Waals surface area contributed by atoms with Crippen LogP contribution in [0, 0.1) is 0 Å². The molecule has 0 saturated heterocycles. The number of anilines is 1. The predicted octanol–water partition coefficient (Wildman–Crippen LogP) is 1.12. The summed E-state index contributed by atoms with van der Waals surface area (Å²) in [6.45, 7) is 4.43. The van der Waals surface area contributed by atoms with E-state index in [9.17, 15) is 0 Å². The Labute approximate surface area is 107 Å². The number of methoxy groups -OCH3 is 2. The molecule has 0 saturated carbocycles. The molecule has 0 spiro atoms. The fourth-order valence-corrected chi connectivity index (χ4v) is 1.10. The van der Waals surface area contributed by atoms with Gasteiger partial charge in [-0.05, 0) is 13.8 Å². The molecule has 0 bridgehead atoms. The molecular formula is C11H20N4O3. The highest BCUT2D eigenvalue weighted by Crippen LogP contribution is 2.15. The van der Waals surface area contributed by atoms with Crippen LogP contribution in [0.5, 0.6) is 12.0 Å². The highest BCUT2D eigenvalue weighted by atomic mass is 16.5. The zero-order valence-electron chi connectivity index (χ0n) is 11.5. The van der Waals surface area contributed by atoms with Crippen molar-refractivity contribution in [2.45, 2.75) is 25.9 Å². The van der Waals surface area contributed by atoms with Crippen molar-refractivity contribution in [3.8, 4) is 12.0 Å². The van der Waals surface area contributed by atoms with E-state index < -0.39 is 0 Å². The fourth-order valence-electron chi connectivity index (χ4n) is 1.10. The molecule has 0 fully saturated rings. The van der Waals surface area contributed by atoms with Crippen LogP contribution in [0.3, 0.4) is 0 Å². The number of ether oxygens (including phenoxy) is 3. The Kier molecular flexibility index (Phi) is 5.08. The molecule has 0 aliphatic heterocycles. The maximum Gasteiger partial charge on any atom is 0.324 e. The van der Waals surface area contributed by atoms with Gasteiger partial charge < -0.3 is 19.5 Å². The van der Waals surface area contributed by atoms with Crippen molar-refractivity contribution in [1.29, 1.82) is 0 Å². The third kappa shape index (κ3) is 4.33. The maximum absolute atomic E-state index is 5.47. The van der Waals surface area contributed by atoms with Crippen LogP contribution in [0.4, 0.5) is 5.95 Å². The molecule has 1 heterocycles. The molecule has 18 heavy (non-hydrogen) atoms. The first kappa shape index (κ1) is 14.4. The van der Waals surface area contributed by atoms with Gasteiger partial charge in [-0.2, -0.15) is 9.97 Å². The molecule has 0 amide bonds. The van der Waals surface area contributed by atoms with Crippen LogP contribution in [0.25, 0.3) is 0 Å². The lowest BCUT2D eigenvalue weighted by molar-refractivity contribution is 0.00462. The van der Waals surface area contributed by atoms with Gasteiger partial charge in [0.2, 0.25) is 5.95 Å². The van der Waals surface area contributed by atoms with E-state index in [0.717, 1.165) is 6.42 Å². The summed E-state index contributed by atoms with van der Waals surface area (Å²) in [7, 11) is 4.88. The Hall–Kier alpha value is -1.63. The van der Waals surface area contributed by atoms with Crippen LogP contribution in [-0.4, -0.2) is 48.4 Å². The average molecular weight is 256 g/mol. The van der Waals surface area contributed by atoms with Crippen LogP contribution in [0.2, 0.25) is 0 Å². The molecule has 0 aromatic carbocycles. The van der Waals surface area contributed by atoms with Gasteiger partial charge in [-0.15, -0.1) is 4.98 Å². The number of rotatable bonds is 7. The van der Waals surface area contributed by atoms with Gasteiger partial charge in [0, 0.05) is 20.6 Å². The number of hydrogen-bond acceptors (Lipinski definition) is 7. The van der Waals surface area contributed by atoms with Crippen LogP contribution < -0.4 is 14.8 Å². The van der Waals surface area contributed by atoms with Crippen molar-refractivity contribution in [2.24, 2.45) is 0 Å². The highest BCUT2D eigenvalue weighted by molar-refractivity contribution is 5.26. The molecule has 0 unspecified atom stereocenters. The van der Waals surface area contributed by atoms with Gasteiger partial charge in [0.05, 0.1) is 19.3 Å². The van der Waals surface area contributed by atoms with E-state index in [-0.39, 0.29) is 17.6 Å². The Balaban J connectivity index is 2.61. The molecule has 7 heteroatoms. The summed E-state index contributed by atoms with van der Waals surface area (Å²) in [4.78, 5) is 12.0. The van der Waals surface area contributed by atoms with Gasteiger partial charge in [-0.1, -0.05) is 0 Å². The second kappa shape index (κ2) is 6.34. The van der Waals surface area contributed by atoms with Gasteiger partial charge in [-0.3, -0.25) is 0 Å². The van der Waals surface area contributed by atoms with Crippen LogP contribution in [0.1, 0.15) is 20.3 Å². The standard InChI is InChI=1S/C11H20N4O3/c1-11(2,17-5)6-7-18-10-14-8(12-3)13-9(15-10)16-4/h6-7H2,1-5H3,(H,12,13,14,15). The monoisotopic (exact) mass is 256 g/mol. The lowest BCUT2D eigenvalue weighted by Crippen LogP contribution is -2.25. The zero-order chi connectivity index (χ0) is 13.6. The maximum atomic E-state index is 5.47. The largest absolute Gasteiger partial charge is 0.467 e. The summed E-state index contributed by atoms with van der Waals surface area (Å²) in [5.41, 5.74) is -0.233. The SMILES string of the molecule is CNc1nc(OC)nc(OCCC(C)(C)OC)n1. The summed E-state index contributed by atoms with van der Waals surface area (Å²) in [6, 6.07) is 0.452. The molecule has 1 N–H and O–H groups in total. The second-order valence-corrected chi connectivity index (χ2v) is 4.24. The summed E-state index contributed by atoms with van der Waals surface area (Å²) >= 11 is 0. The molecular weight excluding hydrogens is 236 g/mol. The summed E-state index contributed by atoms with van der Waals surface area (Å²) in [5.74, 6) is 0.405. The molecule has 7 nitrogen and oxygen atoms in total. The minimum Gasteiger partial charge on any atom is -0.467 e. The first-order valence-corrected chi connectivity index (χ1v) is 5.66. The summed E-state index contributed by atoms with van der Waals surface area (Å²) in [6.07, 6.45) is 0.729. The predicted molar refractivity (Wildman–Crippen MR) is 67.1 cm³/mol. The lowest BCUT2D eigenvalue weighted by Gasteiger charge is -2.22. The Morgan fingerprint density at radius 2 is 1.78 bits per heavy atom. The van der Waals surface area contributed by atoms with E-state index in [1.807, 2.05) is 13.8 Å². The molecule has 102 valence electrons. The van der Waals surface area contributed by atoms with Crippen molar-refractivity contribution in [1.82, 2.24) is 15.0 Å². The highest BCUT2D eigenvalue weighted by Gasteiger charge is 2.16. The summed E-state index contributed by atoms with van der Waals surface area (Å²) in [5, 5.41) is 2.81. The second-order valence-electron chi connectivity index (χ2n) is 4.24. The van der Waals surface area contributed by atoms with Gasteiger partial charge in [0.1, 0.15) is 0 Å². The topological polar surface area (TPSA) is 78.4 Å². The molecule has 0 aliphatic carbocycles. The average Bonchev–Trinajstić information content (AvgIpc) is 2.38. The number of hydrogen-bond donors (Lipinski definition) is 1. The molecule has 1 rings (SSSR count). The third-order valence-corrected chi connectivity index (χ3v) is 2.49. The van der Waals surface area contributed by atoms with Crippen molar-refractivity contribution in [3.63, 3.8) is 0 Å². The van der Waals surface area contributed by atoms with Crippen LogP contribution in [0.15, 0.2) is 0 Å². The molecule has 0 radical (unpaired) electrons. The van der Waals surface area contributed by atoms with E-state index >= 15 is 0 Å². The van der Waals surface area contributed by atoms with Crippen LogP contribution in [-0.2, 0) is 4.74 Å². The molecule has 0 aliphatic rings. The number of aromatic nitrogens is 3. The van der Waals surface area contributed by atoms with Crippen LogP contribution >= 0.6 is 0 Å². The smallest absolute Gasteiger partial charge is 0.324 e. The Morgan fingerprint density at radius 1 is 1.11 bits per heavy atom. The van der Waals surface area contributed by atoms with Crippen molar-refractivity contribution >= 4 is 5.95 Å². The molecule has 1 aromatic rings. The zero-order valence-corrected chi connectivity index (χ0v) is 11.5. The minimum atomic E-state index is -0.233. The van der Waals surface area contributed by atoms with E-state index in [1.165, 1.54) is 7.11 Å². The van der Waals surface area contributed by atoms with Crippen molar-refractivity contribution < 1.29 is 14.2 Å². The van der Waals surface area contributed by atoms with E-state index in [0.29, 0.717) is 12.6 Å². The van der Waals surface area contributed by atoms with Gasteiger partial charge >= 0.3 is 12.0 Å². The van der Waals surface area contributed by atoms with Gasteiger partial charge in [0.15, 0.2) is 0 Å². The summed E-state index contributed by atoms with van der Waals surface area (Å²) < 4.78 is 15.7. The van der Waals surface area contributed by atoms with Gasteiger partial charge in [-0.25, -0.2) is 0 Å². The first-order chi connectivity index (χ1) is 8.50. The van der Waals surface area contributed by atoms with E-state index in [4.69, 9.17) is 14.2 Å². The third-order valence-electron chi connectivity index (χ3n) is 2.49. The van der Waals surface area contributed by atoms with E-state index in [2.05, 4.69) is 20.3 Å². The lowest BCUT2D eigenvalue weighted by atomic mass is 10.1.